The van der Waals surface area contributed by atoms with E-state index in [1.165, 1.54) is 12.4 Å². The Morgan fingerprint density at radius 3 is 2.82 bits per heavy atom. The Balaban J connectivity index is 1.68. The number of morpholine rings is 1. The summed E-state index contributed by atoms with van der Waals surface area (Å²) in [5.41, 5.74) is 9.25. The second kappa shape index (κ2) is 6.57. The molecule has 0 radical (unpaired) electrons. The number of rotatable bonds is 3. The van der Waals surface area contributed by atoms with E-state index in [0.717, 1.165) is 18.8 Å². The molecule has 1 aromatic carbocycles. The van der Waals surface area contributed by atoms with Crippen molar-refractivity contribution in [2.75, 3.05) is 36.9 Å². The summed E-state index contributed by atoms with van der Waals surface area (Å²) in [5.74, 6) is -0.212. The molecular formula is C18H17FN8O. The average molecular weight is 380 g/mol. The summed E-state index contributed by atoms with van der Waals surface area (Å²) >= 11 is 0. The standard InChI is InChI=1S/C18H17FN8O/c19-14-7-12(26-3-5-28-6-4-26)1-2-13(14)15-16(11-8-22-23-9-11)27-18(17(20)25-15)21-10-24-27/h1-2,7-10H,3-6H2,(H2,20,25)(H,22,23). The Labute approximate surface area is 159 Å². The van der Waals surface area contributed by atoms with Crippen molar-refractivity contribution in [1.29, 1.82) is 0 Å². The van der Waals surface area contributed by atoms with Gasteiger partial charge in [-0.15, -0.1) is 0 Å². The van der Waals surface area contributed by atoms with Crippen molar-refractivity contribution in [3.8, 4) is 22.5 Å². The summed E-state index contributed by atoms with van der Waals surface area (Å²) in [4.78, 5) is 10.7. The molecule has 1 fully saturated rings. The number of halogens is 1. The number of H-pyrrole nitrogens is 1. The quantitative estimate of drug-likeness (QED) is 0.557. The minimum atomic E-state index is -0.389. The Kier molecular flexibility index (Phi) is 3.90. The van der Waals surface area contributed by atoms with Crippen molar-refractivity contribution in [3.63, 3.8) is 0 Å². The Bertz CT molecular complexity index is 1130. The van der Waals surface area contributed by atoms with Crippen LogP contribution in [0.15, 0.2) is 36.9 Å². The Morgan fingerprint density at radius 2 is 2.07 bits per heavy atom. The first-order valence-electron chi connectivity index (χ1n) is 8.83. The Hall–Kier alpha value is -3.53. The van der Waals surface area contributed by atoms with E-state index >= 15 is 4.39 Å². The first-order chi connectivity index (χ1) is 13.7. The van der Waals surface area contributed by atoms with E-state index in [-0.39, 0.29) is 11.6 Å². The van der Waals surface area contributed by atoms with E-state index < -0.39 is 0 Å². The molecule has 0 amide bonds. The van der Waals surface area contributed by atoms with Crippen LogP contribution in [0.25, 0.3) is 28.2 Å². The molecule has 4 heterocycles. The number of nitrogens with one attached hydrogen (secondary N) is 1. The molecular weight excluding hydrogens is 363 g/mol. The van der Waals surface area contributed by atoms with E-state index in [1.807, 2.05) is 6.07 Å². The third-order valence-electron chi connectivity index (χ3n) is 4.80. The second-order valence-corrected chi connectivity index (χ2v) is 6.44. The fourth-order valence-electron chi connectivity index (χ4n) is 3.45. The van der Waals surface area contributed by atoms with E-state index in [1.54, 1.807) is 23.0 Å². The first-order valence-corrected chi connectivity index (χ1v) is 8.83. The number of nitrogens with zero attached hydrogens (tertiary/aromatic N) is 6. The van der Waals surface area contributed by atoms with Gasteiger partial charge in [-0.1, -0.05) is 0 Å². The molecule has 0 atom stereocenters. The third kappa shape index (κ3) is 2.65. The Morgan fingerprint density at radius 1 is 1.21 bits per heavy atom. The van der Waals surface area contributed by atoms with Crippen LogP contribution in [0.5, 0.6) is 0 Å². The van der Waals surface area contributed by atoms with Gasteiger partial charge < -0.3 is 15.4 Å². The van der Waals surface area contributed by atoms with Gasteiger partial charge in [-0.2, -0.15) is 10.2 Å². The van der Waals surface area contributed by atoms with Gasteiger partial charge in [0.25, 0.3) is 0 Å². The number of nitrogen functional groups attached to an aromatic ring is 1. The smallest absolute Gasteiger partial charge is 0.198 e. The van der Waals surface area contributed by atoms with Crippen molar-refractivity contribution in [2.45, 2.75) is 0 Å². The van der Waals surface area contributed by atoms with Gasteiger partial charge in [-0.3, -0.25) is 5.10 Å². The number of hydrogen-bond donors (Lipinski definition) is 2. The van der Waals surface area contributed by atoms with E-state index in [4.69, 9.17) is 10.5 Å². The van der Waals surface area contributed by atoms with Crippen LogP contribution in [0.1, 0.15) is 0 Å². The van der Waals surface area contributed by atoms with Gasteiger partial charge in [0.05, 0.1) is 19.4 Å². The molecule has 0 aliphatic carbocycles. The summed E-state index contributed by atoms with van der Waals surface area (Å²) in [6.07, 6.45) is 4.70. The molecule has 3 aromatic heterocycles. The van der Waals surface area contributed by atoms with Crippen LogP contribution in [0.2, 0.25) is 0 Å². The molecule has 142 valence electrons. The molecule has 0 saturated carbocycles. The van der Waals surface area contributed by atoms with Crippen LogP contribution in [0.3, 0.4) is 0 Å². The lowest BCUT2D eigenvalue weighted by molar-refractivity contribution is 0.122. The number of ether oxygens (including phenoxy) is 1. The lowest BCUT2D eigenvalue weighted by Gasteiger charge is -2.29. The first kappa shape index (κ1) is 16.6. The molecule has 0 bridgehead atoms. The molecule has 28 heavy (non-hydrogen) atoms. The highest BCUT2D eigenvalue weighted by atomic mass is 19.1. The molecule has 1 aliphatic rings. The number of anilines is 2. The van der Waals surface area contributed by atoms with Crippen LogP contribution in [-0.4, -0.2) is 56.1 Å². The summed E-state index contributed by atoms with van der Waals surface area (Å²) in [6.45, 7) is 2.73. The second-order valence-electron chi connectivity index (χ2n) is 6.44. The maximum absolute atomic E-state index is 15.2. The number of aromatic amines is 1. The molecule has 1 saturated heterocycles. The summed E-state index contributed by atoms with van der Waals surface area (Å²) in [6, 6.07) is 5.11. The lowest BCUT2D eigenvalue weighted by atomic mass is 10.0. The van der Waals surface area contributed by atoms with Crippen molar-refractivity contribution in [1.82, 2.24) is 29.8 Å². The molecule has 0 spiro atoms. The van der Waals surface area contributed by atoms with Crippen LogP contribution < -0.4 is 10.6 Å². The van der Waals surface area contributed by atoms with Gasteiger partial charge in [0.2, 0.25) is 0 Å². The number of hydrogen-bond acceptors (Lipinski definition) is 7. The largest absolute Gasteiger partial charge is 0.381 e. The predicted octanol–water partition coefficient (Wildman–Crippen LogP) is 1.74. The minimum absolute atomic E-state index is 0.177. The SMILES string of the molecule is Nc1nc(-c2ccc(N3CCOCC3)cc2F)c(-c2cn[nH]c2)n2ncnc12. The zero-order valence-electron chi connectivity index (χ0n) is 14.8. The lowest BCUT2D eigenvalue weighted by Crippen LogP contribution is -2.36. The van der Waals surface area contributed by atoms with Gasteiger partial charge in [0, 0.05) is 36.1 Å². The number of benzene rings is 1. The summed E-state index contributed by atoms with van der Waals surface area (Å²) < 4.78 is 22.1. The van der Waals surface area contributed by atoms with Crippen LogP contribution in [0.4, 0.5) is 15.9 Å². The van der Waals surface area contributed by atoms with E-state index in [2.05, 4.69) is 30.2 Å². The average Bonchev–Trinajstić information content (AvgIpc) is 3.41. The molecule has 0 unspecified atom stereocenters. The number of nitrogens with two attached hydrogens (primary N) is 1. The monoisotopic (exact) mass is 380 g/mol. The highest BCUT2D eigenvalue weighted by Crippen LogP contribution is 2.34. The minimum Gasteiger partial charge on any atom is -0.381 e. The molecule has 10 heteroatoms. The van der Waals surface area contributed by atoms with Crippen molar-refractivity contribution in [3.05, 3.63) is 42.7 Å². The van der Waals surface area contributed by atoms with Gasteiger partial charge >= 0.3 is 0 Å². The molecule has 5 rings (SSSR count). The summed E-state index contributed by atoms with van der Waals surface area (Å²) in [7, 11) is 0. The molecule has 4 aromatic rings. The fraction of sp³-hybridized carbons (Fsp3) is 0.222. The maximum Gasteiger partial charge on any atom is 0.198 e. The number of aromatic nitrogens is 6. The van der Waals surface area contributed by atoms with Crippen molar-refractivity contribution >= 4 is 17.2 Å². The zero-order valence-corrected chi connectivity index (χ0v) is 14.8. The fourth-order valence-corrected chi connectivity index (χ4v) is 3.45. The highest BCUT2D eigenvalue weighted by molar-refractivity contribution is 5.83. The van der Waals surface area contributed by atoms with Crippen LogP contribution in [-0.2, 0) is 4.74 Å². The van der Waals surface area contributed by atoms with Gasteiger partial charge in [-0.05, 0) is 18.2 Å². The van der Waals surface area contributed by atoms with Crippen molar-refractivity contribution < 1.29 is 9.13 Å². The van der Waals surface area contributed by atoms with Gasteiger partial charge in [-0.25, -0.2) is 18.9 Å². The number of fused-ring (bicyclic) bond motifs is 1. The van der Waals surface area contributed by atoms with Crippen molar-refractivity contribution in [2.24, 2.45) is 0 Å². The molecule has 9 nitrogen and oxygen atoms in total. The summed E-state index contributed by atoms with van der Waals surface area (Å²) in [5, 5.41) is 11.0. The molecule has 1 aliphatic heterocycles. The normalized spacial score (nSPS) is 14.7. The van der Waals surface area contributed by atoms with Gasteiger partial charge in [0.1, 0.15) is 23.5 Å². The van der Waals surface area contributed by atoms with Crippen LogP contribution >= 0.6 is 0 Å². The predicted molar refractivity (Wildman–Crippen MR) is 101 cm³/mol. The van der Waals surface area contributed by atoms with Gasteiger partial charge in [0.15, 0.2) is 11.5 Å². The topological polar surface area (TPSA) is 110 Å². The van der Waals surface area contributed by atoms with E-state index in [0.29, 0.717) is 41.4 Å². The maximum atomic E-state index is 15.2. The third-order valence-corrected chi connectivity index (χ3v) is 4.80. The van der Waals surface area contributed by atoms with Crippen LogP contribution in [0, 0.1) is 5.82 Å². The highest BCUT2D eigenvalue weighted by Gasteiger charge is 2.22. The molecule has 3 N–H and O–H groups in total. The van der Waals surface area contributed by atoms with E-state index in [9.17, 15) is 0 Å². The zero-order chi connectivity index (χ0) is 19.1.